The van der Waals surface area contributed by atoms with Crippen molar-refractivity contribution in [3.63, 3.8) is 0 Å². The molecule has 1 atom stereocenters. The van der Waals surface area contributed by atoms with Gasteiger partial charge in [0.1, 0.15) is 11.9 Å². The summed E-state index contributed by atoms with van der Waals surface area (Å²) in [6, 6.07) is 8.52. The van der Waals surface area contributed by atoms with Crippen LogP contribution in [0.5, 0.6) is 0 Å². The second kappa shape index (κ2) is 5.92. The highest BCUT2D eigenvalue weighted by Crippen LogP contribution is 2.33. The molecule has 1 nitrogen and oxygen atoms in total. The van der Waals surface area contributed by atoms with Crippen molar-refractivity contribution in [1.29, 1.82) is 0 Å². The second-order valence-electron chi connectivity index (χ2n) is 4.18. The summed E-state index contributed by atoms with van der Waals surface area (Å²) in [4.78, 5) is 0. The molecule has 0 spiro atoms. The monoisotopic (exact) mass is 406 g/mol. The van der Waals surface area contributed by atoms with Gasteiger partial charge in [0.25, 0.3) is 0 Å². The SMILES string of the molecule is Cc1cc(C(O)c2ccc(Br)c(Cl)c2F)ccc1Br. The molecular formula is C14H10Br2ClFO. The van der Waals surface area contributed by atoms with Gasteiger partial charge in [0.2, 0.25) is 0 Å². The molecule has 0 saturated heterocycles. The largest absolute Gasteiger partial charge is 0.384 e. The summed E-state index contributed by atoms with van der Waals surface area (Å²) in [6.07, 6.45) is -1.04. The van der Waals surface area contributed by atoms with Crippen molar-refractivity contribution in [2.24, 2.45) is 0 Å². The van der Waals surface area contributed by atoms with E-state index < -0.39 is 11.9 Å². The van der Waals surface area contributed by atoms with E-state index in [0.29, 0.717) is 10.0 Å². The van der Waals surface area contributed by atoms with Crippen LogP contribution in [0.25, 0.3) is 0 Å². The number of aliphatic hydroxyl groups is 1. The normalized spacial score (nSPS) is 12.5. The third-order valence-electron chi connectivity index (χ3n) is 2.86. The standard InChI is InChI=1S/C14H10Br2ClFO/c1-7-6-8(2-4-10(7)15)14(19)9-3-5-11(16)12(17)13(9)18/h2-6,14,19H,1H3. The molecule has 0 bridgehead atoms. The number of aliphatic hydroxyl groups excluding tert-OH is 1. The first-order valence-corrected chi connectivity index (χ1v) is 7.45. The van der Waals surface area contributed by atoms with Crippen LogP contribution in [0, 0.1) is 12.7 Å². The topological polar surface area (TPSA) is 20.2 Å². The zero-order valence-electron chi connectivity index (χ0n) is 9.92. The van der Waals surface area contributed by atoms with E-state index in [1.54, 1.807) is 12.1 Å². The van der Waals surface area contributed by atoms with Gasteiger partial charge in [-0.25, -0.2) is 4.39 Å². The van der Waals surface area contributed by atoms with Crippen LogP contribution >= 0.6 is 43.5 Å². The van der Waals surface area contributed by atoms with E-state index in [2.05, 4.69) is 31.9 Å². The molecule has 1 N–H and O–H groups in total. The Morgan fingerprint density at radius 2 is 1.79 bits per heavy atom. The first-order valence-electron chi connectivity index (χ1n) is 5.49. The number of aryl methyl sites for hydroxylation is 1. The van der Waals surface area contributed by atoms with Gasteiger partial charge in [-0.3, -0.25) is 0 Å². The molecule has 0 heterocycles. The predicted molar refractivity (Wildman–Crippen MR) is 82.1 cm³/mol. The summed E-state index contributed by atoms with van der Waals surface area (Å²) in [7, 11) is 0. The lowest BCUT2D eigenvalue weighted by atomic mass is 9.99. The van der Waals surface area contributed by atoms with Crippen molar-refractivity contribution in [3.8, 4) is 0 Å². The first kappa shape index (κ1) is 15.0. The Morgan fingerprint density at radius 1 is 1.16 bits per heavy atom. The van der Waals surface area contributed by atoms with E-state index in [4.69, 9.17) is 11.6 Å². The van der Waals surface area contributed by atoms with E-state index in [1.807, 2.05) is 19.1 Å². The van der Waals surface area contributed by atoms with Gasteiger partial charge in [-0.1, -0.05) is 45.7 Å². The van der Waals surface area contributed by atoms with Crippen molar-refractivity contribution in [2.75, 3.05) is 0 Å². The van der Waals surface area contributed by atoms with Crippen molar-refractivity contribution >= 4 is 43.5 Å². The molecule has 19 heavy (non-hydrogen) atoms. The maximum atomic E-state index is 14.0. The highest BCUT2D eigenvalue weighted by molar-refractivity contribution is 9.10. The Kier molecular flexibility index (Phi) is 4.66. The number of benzene rings is 2. The Labute approximate surface area is 132 Å². The van der Waals surface area contributed by atoms with Crippen LogP contribution in [-0.2, 0) is 0 Å². The molecule has 2 aromatic carbocycles. The molecular weight excluding hydrogens is 398 g/mol. The van der Waals surface area contributed by atoms with Crippen LogP contribution in [0.3, 0.4) is 0 Å². The van der Waals surface area contributed by atoms with Gasteiger partial charge in [0.05, 0.1) is 5.02 Å². The van der Waals surface area contributed by atoms with Crippen molar-refractivity contribution < 1.29 is 9.50 Å². The average Bonchev–Trinajstić information content (AvgIpc) is 2.39. The van der Waals surface area contributed by atoms with Crippen LogP contribution in [0.15, 0.2) is 39.3 Å². The van der Waals surface area contributed by atoms with Gasteiger partial charge in [-0.2, -0.15) is 0 Å². The van der Waals surface area contributed by atoms with E-state index in [-0.39, 0.29) is 10.6 Å². The van der Waals surface area contributed by atoms with E-state index in [9.17, 15) is 9.50 Å². The molecule has 0 aliphatic heterocycles. The highest BCUT2D eigenvalue weighted by atomic mass is 79.9. The van der Waals surface area contributed by atoms with Crippen LogP contribution in [0.1, 0.15) is 22.8 Å². The second-order valence-corrected chi connectivity index (χ2v) is 6.26. The third-order valence-corrected chi connectivity index (χ3v) is 5.01. The van der Waals surface area contributed by atoms with Crippen LogP contribution in [-0.4, -0.2) is 5.11 Å². The molecule has 2 aromatic rings. The Hall–Kier alpha value is -0.420. The van der Waals surface area contributed by atoms with E-state index >= 15 is 0 Å². The summed E-state index contributed by atoms with van der Waals surface area (Å²) in [5.41, 5.74) is 1.76. The quantitative estimate of drug-likeness (QED) is 0.660. The smallest absolute Gasteiger partial charge is 0.149 e. The van der Waals surface area contributed by atoms with E-state index in [0.717, 1.165) is 10.0 Å². The van der Waals surface area contributed by atoms with Crippen molar-refractivity contribution in [3.05, 3.63) is 66.8 Å². The zero-order chi connectivity index (χ0) is 14.2. The van der Waals surface area contributed by atoms with Crippen LogP contribution in [0.2, 0.25) is 5.02 Å². The minimum atomic E-state index is -1.04. The molecule has 0 radical (unpaired) electrons. The van der Waals surface area contributed by atoms with Gasteiger partial charge in [0, 0.05) is 14.5 Å². The lowest BCUT2D eigenvalue weighted by Gasteiger charge is -2.15. The van der Waals surface area contributed by atoms with Gasteiger partial charge in [-0.05, 0) is 46.1 Å². The summed E-state index contributed by atoms with van der Waals surface area (Å²) in [6.45, 7) is 1.91. The predicted octanol–water partition coefficient (Wildman–Crippen LogP) is 5.39. The fraction of sp³-hybridized carbons (Fsp3) is 0.143. The minimum Gasteiger partial charge on any atom is -0.384 e. The summed E-state index contributed by atoms with van der Waals surface area (Å²) in [5, 5.41) is 10.3. The van der Waals surface area contributed by atoms with Crippen LogP contribution in [0.4, 0.5) is 4.39 Å². The molecule has 0 fully saturated rings. The van der Waals surface area contributed by atoms with Gasteiger partial charge < -0.3 is 5.11 Å². The third kappa shape index (κ3) is 3.02. The maximum Gasteiger partial charge on any atom is 0.149 e. The molecule has 2 rings (SSSR count). The summed E-state index contributed by atoms with van der Waals surface area (Å²) in [5.74, 6) is -0.607. The number of hydrogen-bond acceptors (Lipinski definition) is 1. The van der Waals surface area contributed by atoms with Gasteiger partial charge in [0.15, 0.2) is 0 Å². The fourth-order valence-corrected chi connectivity index (χ4v) is 2.49. The number of hydrogen-bond donors (Lipinski definition) is 1. The molecule has 1 unspecified atom stereocenters. The van der Waals surface area contributed by atoms with Gasteiger partial charge in [-0.15, -0.1) is 0 Å². The molecule has 0 saturated carbocycles. The maximum absolute atomic E-state index is 14.0. The Bertz CT molecular complexity index is 631. The van der Waals surface area contributed by atoms with Gasteiger partial charge >= 0.3 is 0 Å². The number of rotatable bonds is 2. The highest BCUT2D eigenvalue weighted by Gasteiger charge is 2.19. The zero-order valence-corrected chi connectivity index (χ0v) is 13.9. The van der Waals surface area contributed by atoms with Crippen molar-refractivity contribution in [1.82, 2.24) is 0 Å². The molecule has 0 aliphatic rings. The first-order chi connectivity index (χ1) is 8.91. The Morgan fingerprint density at radius 3 is 2.42 bits per heavy atom. The molecule has 0 aromatic heterocycles. The lowest BCUT2D eigenvalue weighted by molar-refractivity contribution is 0.215. The molecule has 100 valence electrons. The van der Waals surface area contributed by atoms with Crippen LogP contribution < -0.4 is 0 Å². The molecule has 5 heteroatoms. The molecule has 0 amide bonds. The van der Waals surface area contributed by atoms with E-state index in [1.165, 1.54) is 6.07 Å². The molecule has 0 aliphatic carbocycles. The average molecular weight is 408 g/mol. The lowest BCUT2D eigenvalue weighted by Crippen LogP contribution is -2.03. The summed E-state index contributed by atoms with van der Waals surface area (Å²) >= 11 is 12.4. The minimum absolute atomic E-state index is 0.0228. The number of halogens is 4. The fourth-order valence-electron chi connectivity index (χ4n) is 1.77. The van der Waals surface area contributed by atoms with Crippen molar-refractivity contribution in [2.45, 2.75) is 13.0 Å². The summed E-state index contributed by atoms with van der Waals surface area (Å²) < 4.78 is 15.5. The Balaban J connectivity index is 2.47.